The third-order valence-electron chi connectivity index (χ3n) is 3.01. The van der Waals surface area contributed by atoms with Crippen molar-refractivity contribution in [3.05, 3.63) is 47.2 Å². The number of benzene rings is 1. The molecule has 0 radical (unpaired) electrons. The van der Waals surface area contributed by atoms with Gasteiger partial charge in [-0.1, -0.05) is 0 Å². The zero-order chi connectivity index (χ0) is 13.4. The van der Waals surface area contributed by atoms with Crippen LogP contribution >= 0.6 is 11.3 Å². The maximum Gasteiger partial charge on any atom is 0.335 e. The topological polar surface area (TPSA) is 63.1 Å². The van der Waals surface area contributed by atoms with Gasteiger partial charge >= 0.3 is 5.97 Å². The highest BCUT2D eigenvalue weighted by Crippen LogP contribution is 2.33. The quantitative estimate of drug-likeness (QED) is 0.775. The minimum Gasteiger partial charge on any atom is -0.478 e. The van der Waals surface area contributed by atoms with Gasteiger partial charge in [-0.25, -0.2) is 9.78 Å². The van der Waals surface area contributed by atoms with Gasteiger partial charge in [-0.2, -0.15) is 0 Å². The molecular weight excluding hydrogens is 260 g/mol. The number of thiazole rings is 1. The van der Waals surface area contributed by atoms with E-state index in [0.29, 0.717) is 5.52 Å². The number of rotatable bonds is 2. The first kappa shape index (κ1) is 11.8. The number of carboxylic acid groups (broad SMARTS) is 1. The first-order valence-electron chi connectivity index (χ1n) is 5.68. The number of aromatic nitrogens is 2. The Hall–Kier alpha value is -2.27. The van der Waals surface area contributed by atoms with Crippen LogP contribution in [-0.2, 0) is 0 Å². The van der Waals surface area contributed by atoms with E-state index in [0.717, 1.165) is 21.4 Å². The highest BCUT2D eigenvalue weighted by atomic mass is 32.1. The maximum atomic E-state index is 11.2. The van der Waals surface area contributed by atoms with Crippen molar-refractivity contribution in [1.29, 1.82) is 0 Å². The lowest BCUT2D eigenvalue weighted by atomic mass is 10.0. The molecule has 19 heavy (non-hydrogen) atoms. The molecule has 2 aromatic heterocycles. The van der Waals surface area contributed by atoms with Crippen LogP contribution in [0.4, 0.5) is 0 Å². The van der Waals surface area contributed by atoms with Gasteiger partial charge in [0.15, 0.2) is 0 Å². The minimum atomic E-state index is -0.947. The summed E-state index contributed by atoms with van der Waals surface area (Å²) in [4.78, 5) is 19.5. The summed E-state index contributed by atoms with van der Waals surface area (Å²) in [6.45, 7) is 1.98. The van der Waals surface area contributed by atoms with Crippen molar-refractivity contribution in [2.24, 2.45) is 0 Å². The average Bonchev–Trinajstić information content (AvgIpc) is 2.86. The van der Waals surface area contributed by atoms with Crippen molar-refractivity contribution in [3.63, 3.8) is 0 Å². The molecule has 0 amide bonds. The van der Waals surface area contributed by atoms with Crippen molar-refractivity contribution >= 4 is 27.5 Å². The molecule has 0 aliphatic heterocycles. The van der Waals surface area contributed by atoms with Gasteiger partial charge in [0.25, 0.3) is 0 Å². The van der Waals surface area contributed by atoms with E-state index in [-0.39, 0.29) is 5.56 Å². The van der Waals surface area contributed by atoms with Gasteiger partial charge in [-0.15, -0.1) is 11.3 Å². The van der Waals surface area contributed by atoms with E-state index in [4.69, 9.17) is 0 Å². The van der Waals surface area contributed by atoms with Crippen LogP contribution in [0.25, 0.3) is 21.3 Å². The van der Waals surface area contributed by atoms with E-state index in [9.17, 15) is 9.90 Å². The highest BCUT2D eigenvalue weighted by Gasteiger charge is 2.13. The summed E-state index contributed by atoms with van der Waals surface area (Å²) in [5.41, 5.74) is 5.57. The van der Waals surface area contributed by atoms with E-state index in [2.05, 4.69) is 9.97 Å². The van der Waals surface area contributed by atoms with Gasteiger partial charge in [0, 0.05) is 23.5 Å². The first-order chi connectivity index (χ1) is 9.16. The third-order valence-corrected chi connectivity index (χ3v) is 3.88. The van der Waals surface area contributed by atoms with E-state index >= 15 is 0 Å². The molecule has 1 aromatic carbocycles. The van der Waals surface area contributed by atoms with Crippen LogP contribution in [0.15, 0.2) is 36.1 Å². The van der Waals surface area contributed by atoms with Gasteiger partial charge in [-0.05, 0) is 30.7 Å². The Morgan fingerprint density at radius 1 is 1.32 bits per heavy atom. The zero-order valence-corrected chi connectivity index (χ0v) is 10.9. The molecule has 5 heteroatoms. The first-order valence-corrected chi connectivity index (χ1v) is 6.56. The number of nitrogens with zero attached hydrogens (tertiary/aromatic N) is 2. The van der Waals surface area contributed by atoms with E-state index in [1.807, 2.05) is 13.0 Å². The molecule has 4 nitrogen and oxygen atoms in total. The monoisotopic (exact) mass is 270 g/mol. The molecule has 94 valence electrons. The van der Waals surface area contributed by atoms with Crippen molar-refractivity contribution in [2.45, 2.75) is 6.92 Å². The summed E-state index contributed by atoms with van der Waals surface area (Å²) >= 11 is 1.51. The molecule has 0 fully saturated rings. The highest BCUT2D eigenvalue weighted by molar-refractivity contribution is 7.17. The third kappa shape index (κ3) is 1.98. The van der Waals surface area contributed by atoms with Crippen LogP contribution in [-0.4, -0.2) is 21.0 Å². The van der Waals surface area contributed by atoms with Crippen LogP contribution in [0.2, 0.25) is 0 Å². The lowest BCUT2D eigenvalue weighted by Gasteiger charge is -2.07. The van der Waals surface area contributed by atoms with E-state index in [1.165, 1.54) is 11.3 Å². The predicted molar refractivity (Wildman–Crippen MR) is 74.5 cm³/mol. The molecule has 2 heterocycles. The lowest BCUT2D eigenvalue weighted by Crippen LogP contribution is -1.97. The van der Waals surface area contributed by atoms with E-state index in [1.54, 1.807) is 30.0 Å². The molecule has 3 rings (SSSR count). The fourth-order valence-electron chi connectivity index (χ4n) is 2.04. The van der Waals surface area contributed by atoms with Crippen molar-refractivity contribution < 1.29 is 9.90 Å². The SMILES string of the molecule is Cc1ccncc1-c1cc(C(=O)O)cc2ncsc12. The molecule has 0 atom stereocenters. The summed E-state index contributed by atoms with van der Waals surface area (Å²) in [6.07, 6.45) is 3.49. The Balaban J connectivity index is 2.36. The van der Waals surface area contributed by atoms with Crippen LogP contribution in [0, 0.1) is 6.92 Å². The molecule has 0 saturated heterocycles. The second kappa shape index (κ2) is 4.44. The van der Waals surface area contributed by atoms with E-state index < -0.39 is 5.97 Å². The van der Waals surface area contributed by atoms with Crippen LogP contribution < -0.4 is 0 Å². The van der Waals surface area contributed by atoms with Gasteiger partial charge in [-0.3, -0.25) is 4.98 Å². The number of hydrogen-bond donors (Lipinski definition) is 1. The smallest absolute Gasteiger partial charge is 0.335 e. The number of carbonyl (C=O) groups is 1. The summed E-state index contributed by atoms with van der Waals surface area (Å²) in [5.74, 6) is -0.947. The number of aromatic carboxylic acids is 1. The number of carboxylic acids is 1. The second-order valence-electron chi connectivity index (χ2n) is 4.22. The molecule has 1 N–H and O–H groups in total. The fourth-order valence-corrected chi connectivity index (χ4v) is 2.84. The molecule has 0 bridgehead atoms. The predicted octanol–water partition coefficient (Wildman–Crippen LogP) is 3.36. The Kier molecular flexibility index (Phi) is 2.76. The summed E-state index contributed by atoms with van der Waals surface area (Å²) in [7, 11) is 0. The fraction of sp³-hybridized carbons (Fsp3) is 0.0714. The number of hydrogen-bond acceptors (Lipinski definition) is 4. The minimum absolute atomic E-state index is 0.247. The van der Waals surface area contributed by atoms with Crippen molar-refractivity contribution in [1.82, 2.24) is 9.97 Å². The largest absolute Gasteiger partial charge is 0.478 e. The molecule has 0 unspecified atom stereocenters. The van der Waals surface area contributed by atoms with Gasteiger partial charge < -0.3 is 5.11 Å². The standard InChI is InChI=1S/C14H10N2O2S/c1-8-2-3-15-6-11(8)10-4-9(14(17)18)5-12-13(10)19-7-16-12/h2-7H,1H3,(H,17,18). The second-order valence-corrected chi connectivity index (χ2v) is 5.07. The van der Waals surface area contributed by atoms with Crippen LogP contribution in [0.3, 0.4) is 0 Å². The Bertz CT molecular complexity index is 780. The lowest BCUT2D eigenvalue weighted by molar-refractivity contribution is 0.0697. The zero-order valence-electron chi connectivity index (χ0n) is 10.1. The maximum absolute atomic E-state index is 11.2. The van der Waals surface area contributed by atoms with Gasteiger partial charge in [0.2, 0.25) is 0 Å². The molecule has 0 saturated carbocycles. The summed E-state index contributed by atoms with van der Waals surface area (Å²) in [5, 5.41) is 9.18. The van der Waals surface area contributed by atoms with Gasteiger partial charge in [0.05, 0.1) is 21.3 Å². The number of aryl methyl sites for hydroxylation is 1. The van der Waals surface area contributed by atoms with Crippen molar-refractivity contribution in [2.75, 3.05) is 0 Å². The Morgan fingerprint density at radius 3 is 2.89 bits per heavy atom. The number of fused-ring (bicyclic) bond motifs is 1. The molecule has 0 aliphatic rings. The average molecular weight is 270 g/mol. The molecule has 0 aliphatic carbocycles. The summed E-state index contributed by atoms with van der Waals surface area (Å²) < 4.78 is 0.987. The molecule has 0 spiro atoms. The number of pyridine rings is 1. The van der Waals surface area contributed by atoms with Gasteiger partial charge in [0.1, 0.15) is 0 Å². The normalized spacial score (nSPS) is 10.8. The summed E-state index contributed by atoms with van der Waals surface area (Å²) in [6, 6.07) is 5.20. The van der Waals surface area contributed by atoms with Crippen LogP contribution in [0.1, 0.15) is 15.9 Å². The molecule has 3 aromatic rings. The molecular formula is C14H10N2O2S. The Morgan fingerprint density at radius 2 is 2.16 bits per heavy atom. The van der Waals surface area contributed by atoms with Crippen molar-refractivity contribution in [3.8, 4) is 11.1 Å². The van der Waals surface area contributed by atoms with Crippen LogP contribution in [0.5, 0.6) is 0 Å². The Labute approximate surface area is 113 Å².